The quantitative estimate of drug-likeness (QED) is 0.351. The van der Waals surface area contributed by atoms with Crippen LogP contribution in [0.1, 0.15) is 23.6 Å². The molecule has 0 unspecified atom stereocenters. The molecule has 9 heteroatoms. The average molecular weight is 537 g/mol. The van der Waals surface area contributed by atoms with Crippen molar-refractivity contribution in [1.29, 1.82) is 0 Å². The number of ether oxygens (including phenoxy) is 2. The lowest BCUT2D eigenvalue weighted by Gasteiger charge is -2.15. The molecule has 0 fully saturated rings. The van der Waals surface area contributed by atoms with Crippen LogP contribution in [-0.4, -0.2) is 21.6 Å². The zero-order valence-electron chi connectivity index (χ0n) is 18.2. The smallest absolute Gasteiger partial charge is 0.238 e. The van der Waals surface area contributed by atoms with Crippen molar-refractivity contribution in [3.05, 3.63) is 87.6 Å². The van der Waals surface area contributed by atoms with E-state index in [-0.39, 0.29) is 10.7 Å². The number of nitrogens with two attached hydrogens (primary N) is 1. The van der Waals surface area contributed by atoms with E-state index in [1.807, 2.05) is 19.1 Å². The van der Waals surface area contributed by atoms with Crippen molar-refractivity contribution in [3.63, 3.8) is 0 Å². The Kier molecular flexibility index (Phi) is 8.85. The molecule has 0 saturated carbocycles. The third kappa shape index (κ3) is 7.53. The molecule has 3 aromatic rings. The second-order valence-electron chi connectivity index (χ2n) is 7.35. The molecule has 0 aliphatic carbocycles. The summed E-state index contributed by atoms with van der Waals surface area (Å²) in [5.74, 6) is 0.957. The molecule has 0 saturated heterocycles. The second kappa shape index (κ2) is 11.6. The van der Waals surface area contributed by atoms with Crippen molar-refractivity contribution in [2.45, 2.75) is 31.4 Å². The van der Waals surface area contributed by atoms with Crippen molar-refractivity contribution >= 4 is 26.0 Å². The molecular weight excluding hydrogens is 511 g/mol. The third-order valence-corrected chi connectivity index (χ3v) is 6.55. The van der Waals surface area contributed by atoms with Crippen LogP contribution in [0.3, 0.4) is 0 Å². The minimum Gasteiger partial charge on any atom is -0.490 e. The zero-order valence-corrected chi connectivity index (χ0v) is 20.6. The average Bonchev–Trinajstić information content (AvgIpc) is 2.78. The van der Waals surface area contributed by atoms with Crippen LogP contribution in [0.15, 0.2) is 70.0 Å². The van der Waals surface area contributed by atoms with E-state index in [1.165, 1.54) is 24.3 Å². The first-order valence-electron chi connectivity index (χ1n) is 10.4. The van der Waals surface area contributed by atoms with Gasteiger partial charge in [-0.05, 0) is 73.0 Å². The molecule has 0 radical (unpaired) electrons. The van der Waals surface area contributed by atoms with Gasteiger partial charge in [-0.2, -0.15) is 0 Å². The van der Waals surface area contributed by atoms with E-state index in [4.69, 9.17) is 14.6 Å². The molecule has 0 aliphatic rings. The highest BCUT2D eigenvalue weighted by atomic mass is 79.9. The Morgan fingerprint density at radius 2 is 1.61 bits per heavy atom. The molecule has 0 aromatic heterocycles. The van der Waals surface area contributed by atoms with Gasteiger partial charge in [0.25, 0.3) is 0 Å². The van der Waals surface area contributed by atoms with Gasteiger partial charge in [0.2, 0.25) is 10.0 Å². The van der Waals surface area contributed by atoms with Crippen LogP contribution in [0, 0.1) is 5.82 Å². The summed E-state index contributed by atoms with van der Waals surface area (Å²) in [6, 6.07) is 16.5. The highest BCUT2D eigenvalue weighted by Crippen LogP contribution is 2.34. The maximum Gasteiger partial charge on any atom is 0.238 e. The summed E-state index contributed by atoms with van der Waals surface area (Å²) in [4.78, 5) is 0.105. The summed E-state index contributed by atoms with van der Waals surface area (Å²) in [6.45, 7) is 4.01. The third-order valence-electron chi connectivity index (χ3n) is 4.88. The van der Waals surface area contributed by atoms with Gasteiger partial charge in [0.15, 0.2) is 11.5 Å². The van der Waals surface area contributed by atoms with Gasteiger partial charge in [-0.1, -0.05) is 40.2 Å². The van der Waals surface area contributed by atoms with Crippen LogP contribution < -0.4 is 19.9 Å². The lowest BCUT2D eigenvalue weighted by molar-refractivity contribution is 0.268. The number of halogens is 2. The van der Waals surface area contributed by atoms with Gasteiger partial charge in [0.1, 0.15) is 12.4 Å². The summed E-state index contributed by atoms with van der Waals surface area (Å²) in [5, 5.41) is 8.51. The molecule has 3 N–H and O–H groups in total. The Morgan fingerprint density at radius 1 is 0.970 bits per heavy atom. The highest BCUT2D eigenvalue weighted by Gasteiger charge is 2.12. The van der Waals surface area contributed by atoms with Crippen LogP contribution in [-0.2, 0) is 29.6 Å². The second-order valence-corrected chi connectivity index (χ2v) is 9.77. The van der Waals surface area contributed by atoms with Crippen LogP contribution in [0.2, 0.25) is 0 Å². The zero-order chi connectivity index (χ0) is 23.8. The Balaban J connectivity index is 1.58. The van der Waals surface area contributed by atoms with Crippen LogP contribution in [0.25, 0.3) is 0 Å². The molecule has 0 bridgehead atoms. The summed E-state index contributed by atoms with van der Waals surface area (Å²) in [7, 11) is -3.68. The molecule has 0 heterocycles. The van der Waals surface area contributed by atoms with E-state index in [0.717, 1.165) is 27.6 Å². The Labute approximate surface area is 202 Å². The standard InChI is InChI=1S/C24H26BrFN2O4S/c1-2-31-23-13-19(15-28-12-11-17-5-9-21(10-6-17)33(27,29)30)22(25)14-24(23)32-16-18-3-7-20(26)8-4-18/h3-10,13-14,28H,2,11-12,15-16H2,1H3,(H2,27,29,30). The largest absolute Gasteiger partial charge is 0.490 e. The number of sulfonamides is 1. The van der Waals surface area contributed by atoms with Gasteiger partial charge in [-0.15, -0.1) is 0 Å². The number of primary sulfonamides is 1. The van der Waals surface area contributed by atoms with Crippen molar-refractivity contribution in [2.24, 2.45) is 5.14 Å². The molecular formula is C24H26BrFN2O4S. The van der Waals surface area contributed by atoms with E-state index in [1.54, 1.807) is 24.3 Å². The highest BCUT2D eigenvalue weighted by molar-refractivity contribution is 9.10. The molecule has 6 nitrogen and oxygen atoms in total. The minimum absolute atomic E-state index is 0.105. The van der Waals surface area contributed by atoms with Crippen molar-refractivity contribution in [1.82, 2.24) is 5.32 Å². The Hall–Kier alpha value is -2.46. The monoisotopic (exact) mass is 536 g/mol. The summed E-state index contributed by atoms with van der Waals surface area (Å²) >= 11 is 3.60. The molecule has 33 heavy (non-hydrogen) atoms. The van der Waals surface area contributed by atoms with Gasteiger partial charge < -0.3 is 14.8 Å². The lowest BCUT2D eigenvalue weighted by Crippen LogP contribution is -2.17. The SMILES string of the molecule is CCOc1cc(CNCCc2ccc(S(N)(=O)=O)cc2)c(Br)cc1OCc1ccc(F)cc1. The molecule has 0 atom stereocenters. The number of rotatable bonds is 11. The van der Waals surface area contributed by atoms with E-state index in [2.05, 4.69) is 21.2 Å². The first kappa shape index (κ1) is 25.2. The van der Waals surface area contributed by atoms with E-state index in [9.17, 15) is 12.8 Å². The van der Waals surface area contributed by atoms with Crippen LogP contribution >= 0.6 is 15.9 Å². The van der Waals surface area contributed by atoms with Crippen molar-refractivity contribution in [2.75, 3.05) is 13.2 Å². The van der Waals surface area contributed by atoms with Gasteiger partial charge in [-0.25, -0.2) is 17.9 Å². The fraction of sp³-hybridized carbons (Fsp3) is 0.250. The Morgan fingerprint density at radius 3 is 2.24 bits per heavy atom. The Bertz CT molecular complexity index is 1170. The predicted octanol–water partition coefficient (Wildman–Crippen LogP) is 4.55. The van der Waals surface area contributed by atoms with Crippen molar-refractivity contribution in [3.8, 4) is 11.5 Å². The molecule has 0 amide bonds. The molecule has 3 rings (SSSR count). The lowest BCUT2D eigenvalue weighted by atomic mass is 10.1. The summed E-state index contributed by atoms with van der Waals surface area (Å²) in [5.41, 5.74) is 2.88. The normalized spacial score (nSPS) is 11.4. The van der Waals surface area contributed by atoms with Gasteiger partial charge in [0.05, 0.1) is 11.5 Å². The molecule has 3 aromatic carbocycles. The number of benzene rings is 3. The number of hydrogen-bond donors (Lipinski definition) is 2. The number of nitrogens with one attached hydrogen (secondary N) is 1. The molecule has 176 valence electrons. The van der Waals surface area contributed by atoms with Crippen LogP contribution in [0.5, 0.6) is 11.5 Å². The summed E-state index contributed by atoms with van der Waals surface area (Å²) < 4.78 is 48.3. The maximum atomic E-state index is 13.1. The summed E-state index contributed by atoms with van der Waals surface area (Å²) in [6.07, 6.45) is 0.736. The predicted molar refractivity (Wildman–Crippen MR) is 129 cm³/mol. The van der Waals surface area contributed by atoms with Gasteiger partial charge in [0, 0.05) is 11.0 Å². The topological polar surface area (TPSA) is 90.6 Å². The minimum atomic E-state index is -3.68. The maximum absolute atomic E-state index is 13.1. The first-order chi connectivity index (χ1) is 15.8. The fourth-order valence-corrected chi connectivity index (χ4v) is 4.12. The van der Waals surface area contributed by atoms with Crippen molar-refractivity contribution < 1.29 is 22.3 Å². The number of hydrogen-bond acceptors (Lipinski definition) is 5. The molecule has 0 aliphatic heterocycles. The van der Waals surface area contributed by atoms with Gasteiger partial charge in [-0.3, -0.25) is 0 Å². The van der Waals surface area contributed by atoms with E-state index >= 15 is 0 Å². The van der Waals surface area contributed by atoms with E-state index in [0.29, 0.717) is 37.8 Å². The van der Waals surface area contributed by atoms with Gasteiger partial charge >= 0.3 is 0 Å². The van der Waals surface area contributed by atoms with Crippen LogP contribution in [0.4, 0.5) is 4.39 Å². The molecule has 0 spiro atoms. The fourth-order valence-electron chi connectivity index (χ4n) is 3.14. The van der Waals surface area contributed by atoms with E-state index < -0.39 is 10.0 Å². The first-order valence-corrected chi connectivity index (χ1v) is 12.7.